The summed E-state index contributed by atoms with van der Waals surface area (Å²) in [5, 5.41) is 16.7. The van der Waals surface area contributed by atoms with Crippen LogP contribution in [0.2, 0.25) is 0 Å². The van der Waals surface area contributed by atoms with Crippen molar-refractivity contribution in [3.63, 3.8) is 0 Å². The molecule has 1 atom stereocenters. The molecule has 124 valence electrons. The highest BCUT2D eigenvalue weighted by Gasteiger charge is 2.26. The van der Waals surface area contributed by atoms with Crippen LogP contribution in [0, 0.1) is 6.92 Å². The summed E-state index contributed by atoms with van der Waals surface area (Å²) < 4.78 is 0. The maximum Gasteiger partial charge on any atom is 0.265 e. The molecule has 23 heavy (non-hydrogen) atoms. The van der Waals surface area contributed by atoms with Gasteiger partial charge >= 0.3 is 0 Å². The highest BCUT2D eigenvalue weighted by Crippen LogP contribution is 2.26. The van der Waals surface area contributed by atoms with E-state index in [4.69, 9.17) is 0 Å². The van der Waals surface area contributed by atoms with E-state index in [9.17, 15) is 9.90 Å². The van der Waals surface area contributed by atoms with Crippen molar-refractivity contribution in [1.82, 2.24) is 30.0 Å². The van der Waals surface area contributed by atoms with Gasteiger partial charge in [-0.3, -0.25) is 14.8 Å². The number of aromatic amines is 1. The third-order valence-corrected chi connectivity index (χ3v) is 4.94. The number of aliphatic hydroxyl groups is 1. The van der Waals surface area contributed by atoms with Crippen molar-refractivity contribution < 1.29 is 9.90 Å². The number of carbonyl (C=O) groups is 1. The summed E-state index contributed by atoms with van der Waals surface area (Å²) in [4.78, 5) is 25.9. The monoisotopic (exact) mass is 336 g/mol. The van der Waals surface area contributed by atoms with Crippen molar-refractivity contribution in [2.24, 2.45) is 0 Å². The van der Waals surface area contributed by atoms with Crippen LogP contribution in [0.4, 0.5) is 0 Å². The molecule has 2 aromatic heterocycles. The molecule has 1 fully saturated rings. The topological polar surface area (TPSA) is 98.2 Å². The first-order valence-corrected chi connectivity index (χ1v) is 8.39. The number of rotatable bonds is 4. The molecule has 1 aliphatic rings. The molecule has 9 heteroatoms. The molecule has 0 spiro atoms. The number of nitrogens with zero attached hydrogens (tertiary/aromatic N) is 5. The summed E-state index contributed by atoms with van der Waals surface area (Å²) in [6.45, 7) is 7.17. The Morgan fingerprint density at radius 3 is 2.78 bits per heavy atom. The van der Waals surface area contributed by atoms with Gasteiger partial charge in [0.2, 0.25) is 0 Å². The average molecular weight is 336 g/mol. The summed E-state index contributed by atoms with van der Waals surface area (Å²) in [7, 11) is 0. The lowest BCUT2D eigenvalue weighted by atomic mass is 10.2. The largest absolute Gasteiger partial charge is 0.392 e. The first-order valence-electron chi connectivity index (χ1n) is 7.57. The number of amides is 1. The number of aromatic nitrogens is 4. The Bertz CT molecular complexity index is 661. The zero-order valence-electron chi connectivity index (χ0n) is 13.2. The van der Waals surface area contributed by atoms with Crippen molar-refractivity contribution >= 4 is 17.2 Å². The van der Waals surface area contributed by atoms with Crippen LogP contribution in [0.25, 0.3) is 10.8 Å². The Morgan fingerprint density at radius 1 is 1.43 bits per heavy atom. The molecule has 0 radical (unpaired) electrons. The van der Waals surface area contributed by atoms with E-state index in [0.717, 1.165) is 18.8 Å². The number of H-pyrrole nitrogens is 1. The molecule has 2 N–H and O–H groups in total. The number of hydrogen-bond acceptors (Lipinski definition) is 7. The Balaban J connectivity index is 1.67. The molecule has 3 rings (SSSR count). The van der Waals surface area contributed by atoms with Crippen molar-refractivity contribution in [1.29, 1.82) is 0 Å². The van der Waals surface area contributed by atoms with Crippen molar-refractivity contribution in [3.05, 3.63) is 16.9 Å². The SMILES string of the molecule is Cc1nc(-c2ncn[nH]2)sc1C(=O)N1CCN(C[C@@H](C)O)CC1. The Kier molecular flexibility index (Phi) is 4.69. The molecule has 8 nitrogen and oxygen atoms in total. The van der Waals surface area contributed by atoms with Gasteiger partial charge in [0.1, 0.15) is 11.2 Å². The van der Waals surface area contributed by atoms with Crippen LogP contribution in [0.3, 0.4) is 0 Å². The molecule has 0 bridgehead atoms. The third kappa shape index (κ3) is 3.57. The lowest BCUT2D eigenvalue weighted by Crippen LogP contribution is -2.50. The predicted molar refractivity (Wildman–Crippen MR) is 86.3 cm³/mol. The molecule has 3 heterocycles. The second-order valence-corrected chi connectivity index (χ2v) is 6.71. The molecule has 1 aliphatic heterocycles. The quantitative estimate of drug-likeness (QED) is 0.837. The number of aryl methyl sites for hydroxylation is 1. The van der Waals surface area contributed by atoms with Crippen molar-refractivity contribution in [2.75, 3.05) is 32.7 Å². The van der Waals surface area contributed by atoms with Gasteiger partial charge in [0.15, 0.2) is 10.8 Å². The van der Waals surface area contributed by atoms with Crippen molar-refractivity contribution in [3.8, 4) is 10.8 Å². The molecule has 2 aromatic rings. The minimum atomic E-state index is -0.342. The van der Waals surface area contributed by atoms with Gasteiger partial charge in [-0.25, -0.2) is 9.97 Å². The van der Waals surface area contributed by atoms with E-state index in [1.807, 2.05) is 11.8 Å². The summed E-state index contributed by atoms with van der Waals surface area (Å²) in [5.41, 5.74) is 0.720. The van der Waals surface area contributed by atoms with E-state index in [2.05, 4.69) is 25.1 Å². The van der Waals surface area contributed by atoms with Gasteiger partial charge in [0.25, 0.3) is 5.91 Å². The van der Waals surface area contributed by atoms with Crippen LogP contribution in [-0.4, -0.2) is 79.8 Å². The van der Waals surface area contributed by atoms with Gasteiger partial charge in [0.05, 0.1) is 11.8 Å². The van der Waals surface area contributed by atoms with Crippen LogP contribution >= 0.6 is 11.3 Å². The summed E-state index contributed by atoms with van der Waals surface area (Å²) in [6.07, 6.45) is 1.08. The normalized spacial score (nSPS) is 17.4. The summed E-state index contributed by atoms with van der Waals surface area (Å²) in [6, 6.07) is 0. The van der Waals surface area contributed by atoms with Gasteiger partial charge in [-0.15, -0.1) is 11.3 Å². The van der Waals surface area contributed by atoms with E-state index < -0.39 is 0 Å². The Labute approximate surface area is 138 Å². The van der Waals surface area contributed by atoms with Crippen LogP contribution in [0.15, 0.2) is 6.33 Å². The van der Waals surface area contributed by atoms with Crippen LogP contribution < -0.4 is 0 Å². The second-order valence-electron chi connectivity index (χ2n) is 5.71. The van der Waals surface area contributed by atoms with Gasteiger partial charge in [-0.2, -0.15) is 5.10 Å². The van der Waals surface area contributed by atoms with Crippen LogP contribution in [0.1, 0.15) is 22.3 Å². The molecule has 1 amide bonds. The molecule has 0 aliphatic carbocycles. The summed E-state index contributed by atoms with van der Waals surface area (Å²) in [5.74, 6) is 0.598. The fraction of sp³-hybridized carbons (Fsp3) is 0.571. The molecule has 0 aromatic carbocycles. The first kappa shape index (κ1) is 16.0. The first-order chi connectivity index (χ1) is 11.0. The average Bonchev–Trinajstić information content (AvgIpc) is 3.16. The lowest BCUT2D eigenvalue weighted by Gasteiger charge is -2.35. The highest BCUT2D eigenvalue weighted by atomic mass is 32.1. The molecule has 0 unspecified atom stereocenters. The maximum atomic E-state index is 12.7. The van der Waals surface area contributed by atoms with Gasteiger partial charge in [-0.1, -0.05) is 0 Å². The zero-order valence-corrected chi connectivity index (χ0v) is 14.0. The fourth-order valence-electron chi connectivity index (χ4n) is 2.66. The molecular weight excluding hydrogens is 316 g/mol. The number of aliphatic hydroxyl groups excluding tert-OH is 1. The molecule has 0 saturated carbocycles. The second kappa shape index (κ2) is 6.73. The smallest absolute Gasteiger partial charge is 0.265 e. The van der Waals surface area contributed by atoms with Gasteiger partial charge in [0, 0.05) is 32.7 Å². The van der Waals surface area contributed by atoms with E-state index in [1.54, 1.807) is 6.92 Å². The zero-order chi connectivity index (χ0) is 16.4. The fourth-order valence-corrected chi connectivity index (χ4v) is 3.64. The number of nitrogens with one attached hydrogen (secondary N) is 1. The summed E-state index contributed by atoms with van der Waals surface area (Å²) >= 11 is 1.34. The Morgan fingerprint density at radius 2 is 2.17 bits per heavy atom. The lowest BCUT2D eigenvalue weighted by molar-refractivity contribution is 0.0557. The maximum absolute atomic E-state index is 12.7. The standard InChI is InChI=1S/C14H20N6O2S/c1-9(21)7-19-3-5-20(6-4-19)14(22)11-10(2)17-13(23-11)12-15-8-16-18-12/h8-9,21H,3-7H2,1-2H3,(H,15,16,18)/t9-/m1/s1. The molecule has 1 saturated heterocycles. The predicted octanol–water partition coefficient (Wildman–Crippen LogP) is 0.375. The van der Waals surface area contributed by atoms with Crippen molar-refractivity contribution in [2.45, 2.75) is 20.0 Å². The minimum absolute atomic E-state index is 0.0162. The number of carbonyl (C=O) groups excluding carboxylic acids is 1. The van der Waals surface area contributed by atoms with Gasteiger partial charge < -0.3 is 10.0 Å². The van der Waals surface area contributed by atoms with E-state index in [0.29, 0.717) is 35.3 Å². The number of hydrogen-bond donors (Lipinski definition) is 2. The molecular formula is C14H20N6O2S. The highest BCUT2D eigenvalue weighted by molar-refractivity contribution is 7.17. The third-order valence-electron chi connectivity index (χ3n) is 3.79. The van der Waals surface area contributed by atoms with E-state index in [-0.39, 0.29) is 12.0 Å². The minimum Gasteiger partial charge on any atom is -0.392 e. The number of thiazole rings is 1. The van der Waals surface area contributed by atoms with Crippen LogP contribution in [0.5, 0.6) is 0 Å². The Hall–Kier alpha value is -1.84. The van der Waals surface area contributed by atoms with E-state index in [1.165, 1.54) is 17.7 Å². The van der Waals surface area contributed by atoms with Gasteiger partial charge in [-0.05, 0) is 13.8 Å². The number of piperazine rings is 1. The number of β-amino-alcohol motifs (C(OH)–C–C–N with tert-alkyl or cyclic N) is 1. The van der Waals surface area contributed by atoms with E-state index >= 15 is 0 Å². The van der Waals surface area contributed by atoms with Crippen LogP contribution in [-0.2, 0) is 0 Å².